The molecule has 0 saturated heterocycles. The number of rotatable bonds is 5. The lowest BCUT2D eigenvalue weighted by Crippen LogP contribution is -2.22. The van der Waals surface area contributed by atoms with Gasteiger partial charge in [0.1, 0.15) is 0 Å². The summed E-state index contributed by atoms with van der Waals surface area (Å²) >= 11 is 0. The number of hydrogen-bond donors (Lipinski definition) is 1. The lowest BCUT2D eigenvalue weighted by atomic mass is 9.87. The number of aliphatic hydroxyl groups is 1. The van der Waals surface area contributed by atoms with Crippen molar-refractivity contribution in [3.63, 3.8) is 0 Å². The summed E-state index contributed by atoms with van der Waals surface area (Å²) in [6.07, 6.45) is -5.75. The van der Waals surface area contributed by atoms with Crippen LogP contribution in [0.5, 0.6) is 0 Å². The Morgan fingerprint density at radius 2 is 1.55 bits per heavy atom. The third-order valence-corrected chi connectivity index (χ3v) is 3.15. The third kappa shape index (κ3) is 4.51. The topological polar surface area (TPSA) is 20.2 Å². The SMILES string of the molecule is CC(C)Cc1cccc(C(O)C(F)(F)F)c1CC(C)C. The van der Waals surface area contributed by atoms with Gasteiger partial charge in [-0.25, -0.2) is 0 Å². The first-order valence-electron chi connectivity index (χ1n) is 6.98. The zero-order valence-corrected chi connectivity index (χ0v) is 12.5. The Morgan fingerprint density at radius 3 is 2.00 bits per heavy atom. The summed E-state index contributed by atoms with van der Waals surface area (Å²) in [4.78, 5) is 0. The van der Waals surface area contributed by atoms with E-state index in [9.17, 15) is 18.3 Å². The van der Waals surface area contributed by atoms with Gasteiger partial charge in [0.05, 0.1) is 0 Å². The smallest absolute Gasteiger partial charge is 0.379 e. The van der Waals surface area contributed by atoms with E-state index in [1.165, 1.54) is 6.07 Å². The van der Waals surface area contributed by atoms with Gasteiger partial charge in [-0.1, -0.05) is 45.9 Å². The van der Waals surface area contributed by atoms with Crippen LogP contribution in [0.1, 0.15) is 50.5 Å². The first kappa shape index (κ1) is 17.0. The lowest BCUT2D eigenvalue weighted by Gasteiger charge is -2.22. The molecule has 0 bridgehead atoms. The molecule has 20 heavy (non-hydrogen) atoms. The molecular formula is C16H23F3O. The summed E-state index contributed by atoms with van der Waals surface area (Å²) in [5, 5.41) is 9.58. The molecule has 1 atom stereocenters. The van der Waals surface area contributed by atoms with Gasteiger partial charge >= 0.3 is 6.18 Å². The monoisotopic (exact) mass is 288 g/mol. The molecule has 1 N–H and O–H groups in total. The quantitative estimate of drug-likeness (QED) is 0.834. The van der Waals surface area contributed by atoms with Crippen LogP contribution in [0.3, 0.4) is 0 Å². The standard InChI is InChI=1S/C16H23F3O/c1-10(2)8-12-6-5-7-13(14(12)9-11(3)4)15(20)16(17,18)19/h5-7,10-11,15,20H,8-9H2,1-4H3. The van der Waals surface area contributed by atoms with Gasteiger partial charge in [0.25, 0.3) is 0 Å². The second-order valence-corrected chi connectivity index (χ2v) is 6.13. The molecule has 0 amide bonds. The molecule has 1 nitrogen and oxygen atoms in total. The second-order valence-electron chi connectivity index (χ2n) is 6.13. The average Bonchev–Trinajstić information content (AvgIpc) is 2.28. The highest BCUT2D eigenvalue weighted by molar-refractivity contribution is 5.38. The summed E-state index contributed by atoms with van der Waals surface area (Å²) in [5.74, 6) is 0.599. The van der Waals surface area contributed by atoms with E-state index < -0.39 is 12.3 Å². The third-order valence-electron chi connectivity index (χ3n) is 3.15. The Labute approximate surface area is 118 Å². The van der Waals surface area contributed by atoms with Gasteiger partial charge in [-0.2, -0.15) is 13.2 Å². The van der Waals surface area contributed by atoms with Crippen molar-refractivity contribution in [1.82, 2.24) is 0 Å². The first-order valence-corrected chi connectivity index (χ1v) is 6.98. The van der Waals surface area contributed by atoms with Crippen LogP contribution < -0.4 is 0 Å². The fourth-order valence-corrected chi connectivity index (χ4v) is 2.38. The van der Waals surface area contributed by atoms with Gasteiger partial charge in [-0.3, -0.25) is 0 Å². The molecule has 1 unspecified atom stereocenters. The van der Waals surface area contributed by atoms with Gasteiger partial charge in [-0.15, -0.1) is 0 Å². The van der Waals surface area contributed by atoms with Crippen LogP contribution in [0.15, 0.2) is 18.2 Å². The minimum atomic E-state index is -4.62. The van der Waals surface area contributed by atoms with Gasteiger partial charge in [-0.05, 0) is 41.4 Å². The number of aliphatic hydroxyl groups excluding tert-OH is 1. The average molecular weight is 288 g/mol. The van der Waals surface area contributed by atoms with E-state index in [1.807, 2.05) is 33.8 Å². The van der Waals surface area contributed by atoms with E-state index in [1.54, 1.807) is 6.07 Å². The predicted molar refractivity (Wildman–Crippen MR) is 74.5 cm³/mol. The summed E-state index contributed by atoms with van der Waals surface area (Å²) in [7, 11) is 0. The van der Waals surface area contributed by atoms with Crippen LogP contribution in [-0.4, -0.2) is 11.3 Å². The summed E-state index contributed by atoms with van der Waals surface area (Å²) < 4.78 is 38.4. The molecule has 4 heteroatoms. The largest absolute Gasteiger partial charge is 0.418 e. The van der Waals surface area contributed by atoms with Gasteiger partial charge in [0, 0.05) is 0 Å². The summed E-state index contributed by atoms with van der Waals surface area (Å²) in [6.45, 7) is 8.00. The lowest BCUT2D eigenvalue weighted by molar-refractivity contribution is -0.207. The molecule has 0 spiro atoms. The molecule has 0 radical (unpaired) electrons. The molecular weight excluding hydrogens is 265 g/mol. The molecule has 114 valence electrons. The van der Waals surface area contributed by atoms with Crippen molar-refractivity contribution in [1.29, 1.82) is 0 Å². The highest BCUT2D eigenvalue weighted by Gasteiger charge is 2.40. The molecule has 0 aliphatic rings. The zero-order valence-electron chi connectivity index (χ0n) is 12.5. The minimum absolute atomic E-state index is 0.00403. The van der Waals surface area contributed by atoms with Crippen molar-refractivity contribution in [2.24, 2.45) is 11.8 Å². The van der Waals surface area contributed by atoms with Crippen molar-refractivity contribution in [2.75, 3.05) is 0 Å². The summed E-state index contributed by atoms with van der Waals surface area (Å²) in [5.41, 5.74) is 1.57. The predicted octanol–water partition coefficient (Wildman–Crippen LogP) is 4.68. The van der Waals surface area contributed by atoms with Crippen molar-refractivity contribution in [3.05, 3.63) is 34.9 Å². The van der Waals surface area contributed by atoms with E-state index in [-0.39, 0.29) is 11.5 Å². The van der Waals surface area contributed by atoms with Gasteiger partial charge in [0.15, 0.2) is 6.10 Å². The number of halogens is 3. The van der Waals surface area contributed by atoms with Crippen LogP contribution in [0.2, 0.25) is 0 Å². The number of hydrogen-bond acceptors (Lipinski definition) is 1. The molecule has 0 fully saturated rings. The van der Waals surface area contributed by atoms with Gasteiger partial charge < -0.3 is 5.11 Å². The van der Waals surface area contributed by atoms with Gasteiger partial charge in [0.2, 0.25) is 0 Å². The Morgan fingerprint density at radius 1 is 1.00 bits per heavy atom. The van der Waals surface area contributed by atoms with Crippen LogP contribution in [0, 0.1) is 11.8 Å². The van der Waals surface area contributed by atoms with Crippen LogP contribution in [0.25, 0.3) is 0 Å². The highest BCUT2D eigenvalue weighted by atomic mass is 19.4. The Hall–Kier alpha value is -1.03. The van der Waals surface area contributed by atoms with E-state index in [4.69, 9.17) is 0 Å². The maximum absolute atomic E-state index is 12.8. The number of benzene rings is 1. The fraction of sp³-hybridized carbons (Fsp3) is 0.625. The fourth-order valence-electron chi connectivity index (χ4n) is 2.38. The maximum atomic E-state index is 12.8. The molecule has 0 heterocycles. The Balaban J connectivity index is 3.28. The van der Waals surface area contributed by atoms with E-state index in [0.717, 1.165) is 12.0 Å². The molecule has 0 saturated carbocycles. The molecule has 1 aromatic carbocycles. The Kier molecular flexibility index (Phi) is 5.63. The number of alkyl halides is 3. The normalized spacial score (nSPS) is 14.1. The second kappa shape index (κ2) is 6.61. The maximum Gasteiger partial charge on any atom is 0.418 e. The van der Waals surface area contributed by atoms with E-state index in [0.29, 0.717) is 17.9 Å². The van der Waals surface area contributed by atoms with Crippen LogP contribution >= 0.6 is 0 Å². The van der Waals surface area contributed by atoms with Crippen molar-refractivity contribution in [2.45, 2.75) is 52.8 Å². The highest BCUT2D eigenvalue weighted by Crippen LogP contribution is 2.36. The molecule has 0 aliphatic heterocycles. The molecule has 1 rings (SSSR count). The summed E-state index contributed by atoms with van der Waals surface area (Å²) in [6, 6.07) is 4.86. The van der Waals surface area contributed by atoms with Crippen molar-refractivity contribution < 1.29 is 18.3 Å². The van der Waals surface area contributed by atoms with Crippen LogP contribution in [-0.2, 0) is 12.8 Å². The first-order chi connectivity index (χ1) is 9.12. The Bertz CT molecular complexity index is 436. The van der Waals surface area contributed by atoms with Crippen molar-refractivity contribution >= 4 is 0 Å². The zero-order chi connectivity index (χ0) is 15.5. The van der Waals surface area contributed by atoms with Crippen LogP contribution in [0.4, 0.5) is 13.2 Å². The van der Waals surface area contributed by atoms with E-state index >= 15 is 0 Å². The molecule has 0 aromatic heterocycles. The minimum Gasteiger partial charge on any atom is -0.379 e. The molecule has 0 aliphatic carbocycles. The van der Waals surface area contributed by atoms with Crippen molar-refractivity contribution in [3.8, 4) is 0 Å². The van der Waals surface area contributed by atoms with E-state index in [2.05, 4.69) is 0 Å². The molecule has 1 aromatic rings.